The minimum absolute atomic E-state index is 0.678. The molecule has 3 rings (SSSR count). The number of methoxy groups -OCH3 is 2. The predicted molar refractivity (Wildman–Crippen MR) is 105 cm³/mol. The summed E-state index contributed by atoms with van der Waals surface area (Å²) in [5.41, 5.74) is 2.96. The Bertz CT molecular complexity index is 862. The van der Waals surface area contributed by atoms with Crippen molar-refractivity contribution in [3.05, 3.63) is 52.4 Å². The number of hydrogen-bond acceptors (Lipinski definition) is 5. The van der Waals surface area contributed by atoms with Crippen molar-refractivity contribution in [1.29, 1.82) is 0 Å². The molecule has 0 aliphatic carbocycles. The summed E-state index contributed by atoms with van der Waals surface area (Å²) in [7, 11) is 3.25. The summed E-state index contributed by atoms with van der Waals surface area (Å²) in [5.74, 6) is 1.38. The molecule has 1 aromatic heterocycles. The summed E-state index contributed by atoms with van der Waals surface area (Å²) in [6.07, 6.45) is 0.920. The molecule has 0 aliphatic heterocycles. The van der Waals surface area contributed by atoms with E-state index in [1.807, 2.05) is 42.5 Å². The van der Waals surface area contributed by atoms with Crippen molar-refractivity contribution < 1.29 is 9.47 Å². The Kier molecular flexibility index (Phi) is 5.46. The molecule has 0 bridgehead atoms. The molecule has 0 spiro atoms. The van der Waals surface area contributed by atoms with Gasteiger partial charge in [-0.1, -0.05) is 30.7 Å². The summed E-state index contributed by atoms with van der Waals surface area (Å²) >= 11 is 7.64. The van der Waals surface area contributed by atoms with Gasteiger partial charge in [-0.2, -0.15) is 0 Å². The maximum atomic E-state index is 5.99. The second kappa shape index (κ2) is 7.76. The molecular weight excluding hydrogens is 356 g/mol. The molecule has 3 aromatic rings. The van der Waals surface area contributed by atoms with Crippen LogP contribution in [0.1, 0.15) is 11.8 Å². The quantitative estimate of drug-likeness (QED) is 0.593. The molecule has 0 radical (unpaired) electrons. The SMILES string of the molecule is CCc1sc(Nc2ccc(OC)c(OC)c2)nc1-c1ccc(Cl)cc1. The molecule has 0 unspecified atom stereocenters. The number of thiazole rings is 1. The van der Waals surface area contributed by atoms with Crippen molar-refractivity contribution in [1.82, 2.24) is 4.98 Å². The largest absolute Gasteiger partial charge is 0.493 e. The number of nitrogens with zero attached hydrogens (tertiary/aromatic N) is 1. The van der Waals surface area contributed by atoms with Gasteiger partial charge in [-0.15, -0.1) is 11.3 Å². The molecule has 2 aromatic carbocycles. The first kappa shape index (κ1) is 17.6. The lowest BCUT2D eigenvalue weighted by atomic mass is 10.1. The number of halogens is 1. The number of benzene rings is 2. The fraction of sp³-hybridized carbons (Fsp3) is 0.211. The van der Waals surface area contributed by atoms with Gasteiger partial charge in [-0.25, -0.2) is 4.98 Å². The van der Waals surface area contributed by atoms with E-state index in [-0.39, 0.29) is 0 Å². The monoisotopic (exact) mass is 374 g/mol. The number of nitrogens with one attached hydrogen (secondary N) is 1. The molecule has 0 saturated heterocycles. The van der Waals surface area contributed by atoms with E-state index in [0.717, 1.165) is 33.5 Å². The molecule has 25 heavy (non-hydrogen) atoms. The topological polar surface area (TPSA) is 43.4 Å². The van der Waals surface area contributed by atoms with Crippen LogP contribution in [0.3, 0.4) is 0 Å². The standard InChI is InChI=1S/C19H19ClN2O2S/c1-4-17-18(12-5-7-13(20)8-6-12)22-19(25-17)21-14-9-10-15(23-2)16(11-14)24-3/h5-11H,4H2,1-3H3,(H,21,22). The van der Waals surface area contributed by atoms with E-state index in [1.54, 1.807) is 25.6 Å². The summed E-state index contributed by atoms with van der Waals surface area (Å²) < 4.78 is 10.6. The smallest absolute Gasteiger partial charge is 0.187 e. The Hall–Kier alpha value is -2.24. The number of hydrogen-bond donors (Lipinski definition) is 1. The van der Waals surface area contributed by atoms with Crippen LogP contribution < -0.4 is 14.8 Å². The minimum atomic E-state index is 0.678. The van der Waals surface area contributed by atoms with Crippen molar-refractivity contribution in [2.75, 3.05) is 19.5 Å². The van der Waals surface area contributed by atoms with Crippen LogP contribution in [0.2, 0.25) is 5.02 Å². The summed E-state index contributed by atoms with van der Waals surface area (Å²) in [5, 5.41) is 4.92. The van der Waals surface area contributed by atoms with Crippen LogP contribution in [0.5, 0.6) is 11.5 Å². The third-order valence-electron chi connectivity index (χ3n) is 3.77. The molecular formula is C19H19ClN2O2S. The Morgan fingerprint density at radius 3 is 2.40 bits per heavy atom. The molecule has 1 N–H and O–H groups in total. The van der Waals surface area contributed by atoms with Gasteiger partial charge in [-0.05, 0) is 30.7 Å². The molecule has 130 valence electrons. The molecule has 6 heteroatoms. The summed E-state index contributed by atoms with van der Waals surface area (Å²) in [6.45, 7) is 2.13. The van der Waals surface area contributed by atoms with Crippen molar-refractivity contribution in [3.63, 3.8) is 0 Å². The lowest BCUT2D eigenvalue weighted by Gasteiger charge is -2.09. The maximum absolute atomic E-state index is 5.99. The molecule has 0 saturated carbocycles. The van der Waals surface area contributed by atoms with Crippen molar-refractivity contribution in [3.8, 4) is 22.8 Å². The van der Waals surface area contributed by atoms with Crippen molar-refractivity contribution in [2.24, 2.45) is 0 Å². The maximum Gasteiger partial charge on any atom is 0.187 e. The van der Waals surface area contributed by atoms with Gasteiger partial charge in [-0.3, -0.25) is 0 Å². The highest BCUT2D eigenvalue weighted by molar-refractivity contribution is 7.16. The molecule has 1 heterocycles. The van der Waals surface area contributed by atoms with Crippen LogP contribution in [0.25, 0.3) is 11.3 Å². The first-order valence-electron chi connectivity index (χ1n) is 7.89. The Morgan fingerprint density at radius 2 is 1.76 bits per heavy atom. The van der Waals surface area contributed by atoms with Crippen LogP contribution >= 0.6 is 22.9 Å². The fourth-order valence-corrected chi connectivity index (χ4v) is 3.59. The van der Waals surface area contributed by atoms with Gasteiger partial charge in [0.1, 0.15) is 0 Å². The predicted octanol–water partition coefficient (Wildman–Crippen LogP) is 5.79. The Labute approximate surface area is 156 Å². The molecule has 0 amide bonds. The highest BCUT2D eigenvalue weighted by Crippen LogP contribution is 2.35. The number of aryl methyl sites for hydroxylation is 1. The van der Waals surface area contributed by atoms with E-state index in [0.29, 0.717) is 11.5 Å². The first-order valence-corrected chi connectivity index (χ1v) is 9.08. The highest BCUT2D eigenvalue weighted by Gasteiger charge is 2.13. The zero-order valence-corrected chi connectivity index (χ0v) is 15.9. The zero-order valence-electron chi connectivity index (χ0n) is 14.3. The van der Waals surface area contributed by atoms with Crippen LogP contribution in [0.4, 0.5) is 10.8 Å². The van der Waals surface area contributed by atoms with Gasteiger partial charge in [0, 0.05) is 27.2 Å². The molecule has 0 aliphatic rings. The van der Waals surface area contributed by atoms with Crippen LogP contribution in [0, 0.1) is 0 Å². The van der Waals surface area contributed by atoms with E-state index < -0.39 is 0 Å². The van der Waals surface area contributed by atoms with Gasteiger partial charge in [0.15, 0.2) is 16.6 Å². The van der Waals surface area contributed by atoms with Crippen molar-refractivity contribution in [2.45, 2.75) is 13.3 Å². The van der Waals surface area contributed by atoms with E-state index in [2.05, 4.69) is 12.2 Å². The number of anilines is 2. The summed E-state index contributed by atoms with van der Waals surface area (Å²) in [6, 6.07) is 13.5. The number of ether oxygens (including phenoxy) is 2. The van der Waals surface area contributed by atoms with Gasteiger partial charge >= 0.3 is 0 Å². The first-order chi connectivity index (χ1) is 12.1. The zero-order chi connectivity index (χ0) is 17.8. The summed E-state index contributed by atoms with van der Waals surface area (Å²) in [4.78, 5) is 5.99. The van der Waals surface area contributed by atoms with E-state index >= 15 is 0 Å². The third-order valence-corrected chi connectivity index (χ3v) is 5.14. The van der Waals surface area contributed by atoms with E-state index in [9.17, 15) is 0 Å². The average molecular weight is 375 g/mol. The Morgan fingerprint density at radius 1 is 1.04 bits per heavy atom. The van der Waals surface area contributed by atoms with Crippen LogP contribution in [0.15, 0.2) is 42.5 Å². The van der Waals surface area contributed by atoms with Gasteiger partial charge in [0.05, 0.1) is 19.9 Å². The lowest BCUT2D eigenvalue weighted by Crippen LogP contribution is -1.94. The second-order valence-electron chi connectivity index (χ2n) is 5.35. The van der Waals surface area contributed by atoms with E-state index in [1.165, 1.54) is 4.88 Å². The van der Waals surface area contributed by atoms with Crippen LogP contribution in [-0.2, 0) is 6.42 Å². The van der Waals surface area contributed by atoms with Gasteiger partial charge in [0.25, 0.3) is 0 Å². The number of aromatic nitrogens is 1. The normalized spacial score (nSPS) is 10.6. The lowest BCUT2D eigenvalue weighted by molar-refractivity contribution is 0.355. The van der Waals surface area contributed by atoms with E-state index in [4.69, 9.17) is 26.1 Å². The highest BCUT2D eigenvalue weighted by atomic mass is 35.5. The van der Waals surface area contributed by atoms with Gasteiger partial charge in [0.2, 0.25) is 0 Å². The average Bonchev–Trinajstić information content (AvgIpc) is 3.05. The second-order valence-corrected chi connectivity index (χ2v) is 6.87. The fourth-order valence-electron chi connectivity index (χ4n) is 2.52. The van der Waals surface area contributed by atoms with Crippen molar-refractivity contribution >= 4 is 33.8 Å². The third kappa shape index (κ3) is 3.89. The molecule has 0 fully saturated rings. The molecule has 4 nitrogen and oxygen atoms in total. The minimum Gasteiger partial charge on any atom is -0.493 e. The Balaban J connectivity index is 1.90. The number of rotatable bonds is 6. The van der Waals surface area contributed by atoms with Crippen LogP contribution in [-0.4, -0.2) is 19.2 Å². The van der Waals surface area contributed by atoms with Gasteiger partial charge < -0.3 is 14.8 Å². The molecule has 0 atom stereocenters.